The fourth-order valence-corrected chi connectivity index (χ4v) is 3.90. The van der Waals surface area contributed by atoms with Crippen LogP contribution in [0.5, 0.6) is 5.75 Å². The van der Waals surface area contributed by atoms with Crippen molar-refractivity contribution in [1.82, 2.24) is 20.0 Å². The zero-order valence-electron chi connectivity index (χ0n) is 20.8. The zero-order chi connectivity index (χ0) is 24.8. The van der Waals surface area contributed by atoms with Crippen LogP contribution in [0.2, 0.25) is 0 Å². The number of hydrogen-bond donors (Lipinski definition) is 1. The number of rotatable bonds is 9. The highest BCUT2D eigenvalue weighted by Crippen LogP contribution is 2.33. The number of pyridine rings is 1. The van der Waals surface area contributed by atoms with Gasteiger partial charge in [-0.05, 0) is 64.0 Å². The van der Waals surface area contributed by atoms with E-state index < -0.39 is 6.09 Å². The monoisotopic (exact) mass is 473 g/mol. The Morgan fingerprint density at radius 2 is 1.97 bits per heavy atom. The highest BCUT2D eigenvalue weighted by molar-refractivity contribution is 5.88. The van der Waals surface area contributed by atoms with Gasteiger partial charge in [0, 0.05) is 13.5 Å². The minimum Gasteiger partial charge on any atom is -0.489 e. The number of amides is 1. The van der Waals surface area contributed by atoms with Crippen molar-refractivity contribution in [1.29, 1.82) is 0 Å². The van der Waals surface area contributed by atoms with Gasteiger partial charge in [-0.25, -0.2) is 14.5 Å². The number of anilines is 1. The van der Waals surface area contributed by atoms with Crippen LogP contribution in [0.1, 0.15) is 59.1 Å². The normalized spacial score (nSPS) is 17.8. The van der Waals surface area contributed by atoms with Gasteiger partial charge < -0.3 is 14.2 Å². The number of esters is 1. The molecular weight excluding hydrogens is 438 g/mol. The van der Waals surface area contributed by atoms with Crippen molar-refractivity contribution in [2.45, 2.75) is 72.5 Å². The molecular formula is C24H35N5O5. The lowest BCUT2D eigenvalue weighted by Crippen LogP contribution is -2.19. The summed E-state index contributed by atoms with van der Waals surface area (Å²) in [6, 6.07) is 3.65. The molecule has 1 saturated carbocycles. The van der Waals surface area contributed by atoms with Crippen LogP contribution >= 0.6 is 0 Å². The Morgan fingerprint density at radius 3 is 2.65 bits per heavy atom. The minimum atomic E-state index is -0.565. The van der Waals surface area contributed by atoms with E-state index in [0.717, 1.165) is 19.3 Å². The summed E-state index contributed by atoms with van der Waals surface area (Å²) in [5.41, 5.74) is 1.72. The van der Waals surface area contributed by atoms with Crippen LogP contribution in [0, 0.1) is 18.8 Å². The number of nitrogens with zero attached hydrogens (tertiary/aromatic N) is 4. The Morgan fingerprint density at radius 1 is 1.21 bits per heavy atom. The van der Waals surface area contributed by atoms with Crippen LogP contribution in [0.15, 0.2) is 12.1 Å². The molecule has 1 aliphatic carbocycles. The molecule has 10 heteroatoms. The van der Waals surface area contributed by atoms with E-state index in [4.69, 9.17) is 14.2 Å². The van der Waals surface area contributed by atoms with E-state index in [0.29, 0.717) is 41.7 Å². The fraction of sp³-hybridized carbons (Fsp3) is 0.625. The van der Waals surface area contributed by atoms with E-state index in [9.17, 15) is 9.59 Å². The van der Waals surface area contributed by atoms with Crippen molar-refractivity contribution in [3.63, 3.8) is 0 Å². The van der Waals surface area contributed by atoms with E-state index >= 15 is 0 Å². The molecule has 1 N–H and O–H groups in total. The summed E-state index contributed by atoms with van der Waals surface area (Å²) in [6.07, 6.45) is 2.43. The van der Waals surface area contributed by atoms with Gasteiger partial charge in [-0.2, -0.15) is 0 Å². The highest BCUT2D eigenvalue weighted by atomic mass is 16.5. The average Bonchev–Trinajstić information content (AvgIpc) is 3.34. The summed E-state index contributed by atoms with van der Waals surface area (Å²) < 4.78 is 18.1. The van der Waals surface area contributed by atoms with Crippen molar-refractivity contribution in [3.8, 4) is 17.1 Å². The number of ether oxygens (including phenoxy) is 3. The summed E-state index contributed by atoms with van der Waals surface area (Å²) in [5.74, 6) is 1.45. The minimum absolute atomic E-state index is 0.0349. The van der Waals surface area contributed by atoms with E-state index in [2.05, 4.69) is 20.6 Å². The molecule has 2 atom stereocenters. The molecule has 0 spiro atoms. The second kappa shape index (κ2) is 11.3. The molecule has 186 valence electrons. The van der Waals surface area contributed by atoms with Gasteiger partial charge >= 0.3 is 12.1 Å². The number of aromatic nitrogens is 4. The van der Waals surface area contributed by atoms with Gasteiger partial charge in [0.15, 0.2) is 11.5 Å². The van der Waals surface area contributed by atoms with Crippen LogP contribution in [0.3, 0.4) is 0 Å². The lowest BCUT2D eigenvalue weighted by molar-refractivity contribution is -0.148. The fourth-order valence-electron chi connectivity index (χ4n) is 3.90. The van der Waals surface area contributed by atoms with E-state index in [1.165, 1.54) is 4.68 Å². The first-order valence-electron chi connectivity index (χ1n) is 11.8. The van der Waals surface area contributed by atoms with Crippen molar-refractivity contribution < 1.29 is 23.8 Å². The first kappa shape index (κ1) is 25.5. The second-order valence-corrected chi connectivity index (χ2v) is 9.47. The Hall–Kier alpha value is -3.17. The molecule has 3 rings (SSSR count). The van der Waals surface area contributed by atoms with E-state index in [1.54, 1.807) is 13.1 Å². The Balaban J connectivity index is 1.63. The number of carbonyl (C=O) groups is 2. The maximum Gasteiger partial charge on any atom is 0.412 e. The topological polar surface area (TPSA) is 117 Å². The van der Waals surface area contributed by atoms with Crippen molar-refractivity contribution in [2.75, 3.05) is 11.9 Å². The quantitative estimate of drug-likeness (QED) is 0.536. The third kappa shape index (κ3) is 6.91. The molecule has 0 aliphatic heterocycles. The molecule has 2 aromatic rings. The zero-order valence-corrected chi connectivity index (χ0v) is 20.8. The van der Waals surface area contributed by atoms with Gasteiger partial charge in [0.05, 0.1) is 30.2 Å². The standard InChI is InChI=1S/C24H35N5O5/c1-14(2)13-32-24(31)26-23-22(27-28-29(23)6)19-9-10-20(16(5)25-19)34-18-8-7-17(11-18)12-21(30)33-15(3)4/h9-10,14-15,17-18H,7-8,11-13H2,1-6H3,(H,26,31). The molecule has 0 bridgehead atoms. The van der Waals surface area contributed by atoms with Crippen LogP contribution < -0.4 is 10.1 Å². The Kier molecular flexibility index (Phi) is 8.46. The third-order valence-electron chi connectivity index (χ3n) is 5.48. The van der Waals surface area contributed by atoms with E-state index in [-0.39, 0.29) is 30.0 Å². The van der Waals surface area contributed by atoms with Crippen LogP contribution in [-0.4, -0.2) is 50.9 Å². The van der Waals surface area contributed by atoms with Gasteiger partial charge in [0.1, 0.15) is 5.75 Å². The summed E-state index contributed by atoms with van der Waals surface area (Å²) >= 11 is 0. The molecule has 1 amide bonds. The van der Waals surface area contributed by atoms with Crippen molar-refractivity contribution in [2.24, 2.45) is 18.9 Å². The molecule has 0 radical (unpaired) electrons. The van der Waals surface area contributed by atoms with Crippen molar-refractivity contribution >= 4 is 17.9 Å². The van der Waals surface area contributed by atoms with Crippen molar-refractivity contribution in [3.05, 3.63) is 17.8 Å². The predicted octanol–water partition coefficient (Wildman–Crippen LogP) is 4.28. The predicted molar refractivity (Wildman–Crippen MR) is 126 cm³/mol. The van der Waals surface area contributed by atoms with E-state index in [1.807, 2.05) is 40.7 Å². The van der Waals surface area contributed by atoms with Gasteiger partial charge in [-0.1, -0.05) is 19.1 Å². The number of aryl methyl sites for hydroxylation is 2. The van der Waals surface area contributed by atoms with Gasteiger partial charge in [-0.3, -0.25) is 10.1 Å². The Bertz CT molecular complexity index is 1000. The smallest absolute Gasteiger partial charge is 0.412 e. The lowest BCUT2D eigenvalue weighted by Gasteiger charge is -2.16. The molecule has 0 aromatic carbocycles. The summed E-state index contributed by atoms with van der Waals surface area (Å²) in [4.78, 5) is 28.7. The number of hydrogen-bond acceptors (Lipinski definition) is 8. The molecule has 2 aromatic heterocycles. The highest BCUT2D eigenvalue weighted by Gasteiger charge is 2.29. The molecule has 1 fully saturated rings. The number of carbonyl (C=O) groups excluding carboxylic acids is 2. The first-order valence-corrected chi connectivity index (χ1v) is 11.8. The maximum absolute atomic E-state index is 12.1. The summed E-state index contributed by atoms with van der Waals surface area (Å²) in [7, 11) is 1.69. The molecule has 2 heterocycles. The molecule has 2 unspecified atom stereocenters. The maximum atomic E-state index is 12.1. The van der Waals surface area contributed by atoms with Gasteiger partial charge in [0.25, 0.3) is 0 Å². The summed E-state index contributed by atoms with van der Waals surface area (Å²) in [5, 5.41) is 10.9. The largest absolute Gasteiger partial charge is 0.489 e. The van der Waals surface area contributed by atoms with Crippen LogP contribution in [-0.2, 0) is 21.3 Å². The second-order valence-electron chi connectivity index (χ2n) is 9.47. The third-order valence-corrected chi connectivity index (χ3v) is 5.48. The molecule has 34 heavy (non-hydrogen) atoms. The van der Waals surface area contributed by atoms with Gasteiger partial charge in [-0.15, -0.1) is 5.10 Å². The molecule has 0 saturated heterocycles. The average molecular weight is 474 g/mol. The Labute approximate surface area is 200 Å². The SMILES string of the molecule is Cc1nc(-c2nnn(C)c2NC(=O)OCC(C)C)ccc1OC1CCC(CC(=O)OC(C)C)C1. The van der Waals surface area contributed by atoms with Crippen LogP contribution in [0.4, 0.5) is 10.6 Å². The number of nitrogens with one attached hydrogen (secondary N) is 1. The summed E-state index contributed by atoms with van der Waals surface area (Å²) in [6.45, 7) is 9.83. The molecule has 1 aliphatic rings. The van der Waals surface area contributed by atoms with Gasteiger partial charge in [0.2, 0.25) is 0 Å². The lowest BCUT2D eigenvalue weighted by atomic mass is 10.0. The first-order chi connectivity index (χ1) is 16.1. The van der Waals surface area contributed by atoms with Crippen LogP contribution in [0.25, 0.3) is 11.4 Å². The molecule has 10 nitrogen and oxygen atoms in total.